The van der Waals surface area contributed by atoms with E-state index in [9.17, 15) is 9.59 Å². The third-order valence-electron chi connectivity index (χ3n) is 3.11. The van der Waals surface area contributed by atoms with Crippen molar-refractivity contribution in [3.63, 3.8) is 0 Å². The molecule has 0 radical (unpaired) electrons. The summed E-state index contributed by atoms with van der Waals surface area (Å²) in [7, 11) is 1.33. The number of benzene rings is 2. The van der Waals surface area contributed by atoms with Crippen LogP contribution in [0.5, 0.6) is 0 Å². The van der Waals surface area contributed by atoms with Crippen LogP contribution in [-0.2, 0) is 9.53 Å². The lowest BCUT2D eigenvalue weighted by Crippen LogP contribution is -2.16. The number of halogens is 2. The highest BCUT2D eigenvalue weighted by atomic mass is 35.5. The lowest BCUT2D eigenvalue weighted by molar-refractivity contribution is -0.115. The van der Waals surface area contributed by atoms with Gasteiger partial charge in [0, 0.05) is 34.4 Å². The molecule has 0 atom stereocenters. The minimum atomic E-state index is -0.408. The van der Waals surface area contributed by atoms with Crippen LogP contribution in [0.25, 0.3) is 0 Å². The first-order valence-electron chi connectivity index (χ1n) is 7.16. The molecule has 126 valence electrons. The van der Waals surface area contributed by atoms with Gasteiger partial charge in [-0.2, -0.15) is 0 Å². The predicted octanol–water partition coefficient (Wildman–Crippen LogP) is 4.22. The van der Waals surface area contributed by atoms with Crippen molar-refractivity contribution >= 4 is 46.5 Å². The van der Waals surface area contributed by atoms with Crippen molar-refractivity contribution in [2.75, 3.05) is 24.3 Å². The SMILES string of the molecule is COC(=O)c1cccc(NCCC(=O)Nc2cc(Cl)cc(Cl)c2)c1. The Morgan fingerprint density at radius 1 is 1.04 bits per heavy atom. The Kier molecular flexibility index (Phi) is 6.46. The first-order valence-corrected chi connectivity index (χ1v) is 7.92. The van der Waals surface area contributed by atoms with Crippen LogP contribution in [0.2, 0.25) is 10.0 Å². The van der Waals surface area contributed by atoms with Crippen molar-refractivity contribution in [3.05, 3.63) is 58.1 Å². The summed E-state index contributed by atoms with van der Waals surface area (Å²) in [4.78, 5) is 23.4. The molecule has 0 fully saturated rings. The fourth-order valence-corrected chi connectivity index (χ4v) is 2.57. The fraction of sp³-hybridized carbons (Fsp3) is 0.176. The summed E-state index contributed by atoms with van der Waals surface area (Å²) in [6.07, 6.45) is 0.243. The van der Waals surface area contributed by atoms with E-state index >= 15 is 0 Å². The molecule has 2 aromatic rings. The molecule has 0 aliphatic carbocycles. The quantitative estimate of drug-likeness (QED) is 0.751. The van der Waals surface area contributed by atoms with E-state index < -0.39 is 5.97 Å². The number of esters is 1. The van der Waals surface area contributed by atoms with Gasteiger partial charge in [0.05, 0.1) is 12.7 Å². The number of amides is 1. The van der Waals surface area contributed by atoms with Gasteiger partial charge in [-0.15, -0.1) is 0 Å². The highest BCUT2D eigenvalue weighted by Crippen LogP contribution is 2.22. The fourth-order valence-electron chi connectivity index (χ4n) is 2.04. The Balaban J connectivity index is 1.85. The molecule has 0 aliphatic heterocycles. The number of rotatable bonds is 6. The van der Waals surface area contributed by atoms with Crippen molar-refractivity contribution < 1.29 is 14.3 Å². The molecule has 1 amide bonds. The molecule has 0 saturated heterocycles. The smallest absolute Gasteiger partial charge is 0.337 e. The maximum Gasteiger partial charge on any atom is 0.337 e. The second kappa shape index (κ2) is 8.57. The van der Waals surface area contributed by atoms with Gasteiger partial charge in [0.2, 0.25) is 5.91 Å². The average molecular weight is 367 g/mol. The highest BCUT2D eigenvalue weighted by molar-refractivity contribution is 6.35. The van der Waals surface area contributed by atoms with E-state index in [1.165, 1.54) is 7.11 Å². The Hall–Kier alpha value is -2.24. The summed E-state index contributed by atoms with van der Waals surface area (Å²) in [5.74, 6) is -0.584. The lowest BCUT2D eigenvalue weighted by Gasteiger charge is -2.09. The molecule has 2 aromatic carbocycles. The largest absolute Gasteiger partial charge is 0.465 e. The zero-order valence-electron chi connectivity index (χ0n) is 12.9. The van der Waals surface area contributed by atoms with Crippen LogP contribution >= 0.6 is 23.2 Å². The Morgan fingerprint density at radius 2 is 1.75 bits per heavy atom. The number of anilines is 2. The molecular weight excluding hydrogens is 351 g/mol. The second-order valence-electron chi connectivity index (χ2n) is 4.96. The van der Waals surface area contributed by atoms with Crippen LogP contribution < -0.4 is 10.6 Å². The molecule has 0 bridgehead atoms. The molecule has 0 unspecified atom stereocenters. The maximum absolute atomic E-state index is 11.9. The molecule has 0 aromatic heterocycles. The third kappa shape index (κ3) is 5.44. The monoisotopic (exact) mass is 366 g/mol. The van der Waals surface area contributed by atoms with Crippen LogP contribution in [0.4, 0.5) is 11.4 Å². The molecule has 5 nitrogen and oxygen atoms in total. The Morgan fingerprint density at radius 3 is 2.42 bits per heavy atom. The maximum atomic E-state index is 11.9. The molecular formula is C17H16Cl2N2O3. The van der Waals surface area contributed by atoms with E-state index in [-0.39, 0.29) is 12.3 Å². The van der Waals surface area contributed by atoms with Gasteiger partial charge < -0.3 is 15.4 Å². The van der Waals surface area contributed by atoms with Crippen LogP contribution in [-0.4, -0.2) is 25.5 Å². The first kappa shape index (κ1) is 18.1. The molecule has 0 saturated carbocycles. The van der Waals surface area contributed by atoms with Crippen molar-refractivity contribution in [1.29, 1.82) is 0 Å². The van der Waals surface area contributed by atoms with Crippen molar-refractivity contribution in [2.24, 2.45) is 0 Å². The number of carbonyl (C=O) groups is 2. The Bertz CT molecular complexity index is 730. The highest BCUT2D eigenvalue weighted by Gasteiger charge is 2.07. The van der Waals surface area contributed by atoms with Crippen LogP contribution in [0.1, 0.15) is 16.8 Å². The molecule has 0 spiro atoms. The minimum Gasteiger partial charge on any atom is -0.465 e. The lowest BCUT2D eigenvalue weighted by atomic mass is 10.2. The molecule has 2 rings (SSSR count). The molecule has 2 N–H and O–H groups in total. The molecule has 7 heteroatoms. The predicted molar refractivity (Wildman–Crippen MR) is 96.0 cm³/mol. The summed E-state index contributed by atoms with van der Waals surface area (Å²) in [5, 5.41) is 6.72. The number of nitrogens with one attached hydrogen (secondary N) is 2. The van der Waals surface area contributed by atoms with Gasteiger partial charge in [-0.1, -0.05) is 29.3 Å². The van der Waals surface area contributed by atoms with E-state index in [4.69, 9.17) is 23.2 Å². The van der Waals surface area contributed by atoms with Crippen molar-refractivity contribution in [3.8, 4) is 0 Å². The van der Waals surface area contributed by atoms with E-state index in [1.54, 1.807) is 42.5 Å². The van der Waals surface area contributed by atoms with Crippen molar-refractivity contribution in [1.82, 2.24) is 0 Å². The number of carbonyl (C=O) groups excluding carboxylic acids is 2. The van der Waals surface area contributed by atoms with Crippen LogP contribution in [0, 0.1) is 0 Å². The van der Waals surface area contributed by atoms with E-state index in [2.05, 4.69) is 15.4 Å². The van der Waals surface area contributed by atoms with Gasteiger partial charge in [-0.05, 0) is 36.4 Å². The van der Waals surface area contributed by atoms with Gasteiger partial charge in [0.25, 0.3) is 0 Å². The third-order valence-corrected chi connectivity index (χ3v) is 3.55. The van der Waals surface area contributed by atoms with Gasteiger partial charge >= 0.3 is 5.97 Å². The average Bonchev–Trinajstić information content (AvgIpc) is 2.53. The zero-order chi connectivity index (χ0) is 17.5. The van der Waals surface area contributed by atoms with Crippen LogP contribution in [0.15, 0.2) is 42.5 Å². The number of methoxy groups -OCH3 is 1. The summed E-state index contributed by atoms with van der Waals surface area (Å²) in [5.41, 5.74) is 1.72. The van der Waals surface area contributed by atoms with E-state index in [0.717, 1.165) is 5.69 Å². The zero-order valence-corrected chi connectivity index (χ0v) is 14.4. The molecule has 24 heavy (non-hydrogen) atoms. The second-order valence-corrected chi connectivity index (χ2v) is 5.83. The Labute approximate surface area is 149 Å². The number of hydrogen-bond acceptors (Lipinski definition) is 4. The van der Waals surface area contributed by atoms with Gasteiger partial charge in [-0.3, -0.25) is 4.79 Å². The topological polar surface area (TPSA) is 67.4 Å². The van der Waals surface area contributed by atoms with Gasteiger partial charge in [0.15, 0.2) is 0 Å². The summed E-state index contributed by atoms with van der Waals surface area (Å²) in [6.45, 7) is 0.407. The van der Waals surface area contributed by atoms with Crippen molar-refractivity contribution in [2.45, 2.75) is 6.42 Å². The normalized spacial score (nSPS) is 10.1. The minimum absolute atomic E-state index is 0.176. The standard InChI is InChI=1S/C17H16Cl2N2O3/c1-24-17(23)11-3-2-4-14(7-11)20-6-5-16(22)21-15-9-12(18)8-13(19)10-15/h2-4,7-10,20H,5-6H2,1H3,(H,21,22). The molecule has 0 heterocycles. The van der Waals surface area contributed by atoms with Gasteiger partial charge in [-0.25, -0.2) is 4.79 Å². The summed E-state index contributed by atoms with van der Waals surface area (Å²) in [6, 6.07) is 11.7. The van der Waals surface area contributed by atoms with Crippen LogP contribution in [0.3, 0.4) is 0 Å². The summed E-state index contributed by atoms with van der Waals surface area (Å²) < 4.78 is 4.67. The number of hydrogen-bond donors (Lipinski definition) is 2. The number of ether oxygens (including phenoxy) is 1. The molecule has 0 aliphatic rings. The van der Waals surface area contributed by atoms with Gasteiger partial charge in [0.1, 0.15) is 0 Å². The first-order chi connectivity index (χ1) is 11.5. The van der Waals surface area contributed by atoms with E-state index in [1.807, 2.05) is 0 Å². The van der Waals surface area contributed by atoms with E-state index in [0.29, 0.717) is 27.8 Å². The summed E-state index contributed by atoms with van der Waals surface area (Å²) >= 11 is 11.8.